The number of carbonyl (C=O) groups is 2. The minimum absolute atomic E-state index is 0.166. The summed E-state index contributed by atoms with van der Waals surface area (Å²) in [7, 11) is 0. The van der Waals surface area contributed by atoms with Crippen molar-refractivity contribution < 1.29 is 22.8 Å². The Kier molecular flexibility index (Phi) is 4.85. The minimum atomic E-state index is -4.39. The zero-order valence-corrected chi connectivity index (χ0v) is 13.9. The van der Waals surface area contributed by atoms with Crippen molar-refractivity contribution in [3.8, 4) is 0 Å². The van der Waals surface area contributed by atoms with Crippen molar-refractivity contribution in [3.63, 3.8) is 0 Å². The van der Waals surface area contributed by atoms with Gasteiger partial charge in [-0.3, -0.25) is 14.5 Å². The molecule has 0 saturated carbocycles. The summed E-state index contributed by atoms with van der Waals surface area (Å²) < 4.78 is 38.9. The number of thioether (sulfide) groups is 1. The van der Waals surface area contributed by atoms with Crippen LogP contribution in [0.1, 0.15) is 31.8 Å². The van der Waals surface area contributed by atoms with Crippen LogP contribution >= 0.6 is 11.8 Å². The lowest BCUT2D eigenvalue weighted by molar-refractivity contribution is -0.138. The zero-order chi connectivity index (χ0) is 18.0. The fourth-order valence-electron chi connectivity index (χ4n) is 2.70. The van der Waals surface area contributed by atoms with E-state index in [2.05, 4.69) is 0 Å². The van der Waals surface area contributed by atoms with Crippen molar-refractivity contribution >= 4 is 23.6 Å². The van der Waals surface area contributed by atoms with Crippen molar-refractivity contribution in [2.45, 2.75) is 11.9 Å². The van der Waals surface area contributed by atoms with Crippen LogP contribution in [-0.4, -0.2) is 29.0 Å². The maximum absolute atomic E-state index is 13.0. The molecule has 0 unspecified atom stereocenters. The molecule has 0 aliphatic carbocycles. The highest BCUT2D eigenvalue weighted by molar-refractivity contribution is 7.98. The predicted molar refractivity (Wildman–Crippen MR) is 89.4 cm³/mol. The summed E-state index contributed by atoms with van der Waals surface area (Å²) in [5.41, 5.74) is 0.297. The molecule has 3 rings (SSSR count). The highest BCUT2D eigenvalue weighted by Crippen LogP contribution is 2.33. The molecule has 0 N–H and O–H groups in total. The molecule has 0 radical (unpaired) electrons. The Labute approximate surface area is 146 Å². The van der Waals surface area contributed by atoms with E-state index in [1.807, 2.05) is 0 Å². The number of carbonyl (C=O) groups excluding carboxylic acids is 2. The van der Waals surface area contributed by atoms with Crippen LogP contribution in [0.4, 0.5) is 13.2 Å². The first kappa shape index (κ1) is 17.5. The number of rotatable bonds is 5. The number of benzene rings is 2. The van der Waals surface area contributed by atoms with Gasteiger partial charge in [0.25, 0.3) is 11.8 Å². The largest absolute Gasteiger partial charge is 0.416 e. The molecule has 0 fully saturated rings. The Hall–Kier alpha value is -2.28. The van der Waals surface area contributed by atoms with E-state index in [1.165, 1.54) is 23.9 Å². The summed E-state index contributed by atoms with van der Waals surface area (Å²) in [6, 6.07) is 12.0. The second kappa shape index (κ2) is 6.92. The van der Waals surface area contributed by atoms with Gasteiger partial charge in [-0.1, -0.05) is 30.3 Å². The zero-order valence-electron chi connectivity index (χ0n) is 13.0. The first-order chi connectivity index (χ1) is 11.9. The molecule has 0 bridgehead atoms. The number of halogens is 3. The third-order valence-corrected chi connectivity index (χ3v) is 4.90. The summed E-state index contributed by atoms with van der Waals surface area (Å²) in [5, 5.41) is 0. The van der Waals surface area contributed by atoms with E-state index in [0.29, 0.717) is 16.9 Å². The first-order valence-corrected chi connectivity index (χ1v) is 8.73. The molecule has 25 heavy (non-hydrogen) atoms. The summed E-state index contributed by atoms with van der Waals surface area (Å²) in [5.74, 6) is -0.162. The van der Waals surface area contributed by atoms with E-state index in [4.69, 9.17) is 0 Å². The highest BCUT2D eigenvalue weighted by atomic mass is 32.2. The molecule has 2 amide bonds. The molecule has 0 saturated heterocycles. The molecule has 7 heteroatoms. The number of nitrogens with zero attached hydrogens (tertiary/aromatic N) is 1. The Morgan fingerprint density at radius 2 is 1.44 bits per heavy atom. The summed E-state index contributed by atoms with van der Waals surface area (Å²) in [4.78, 5) is 25.6. The first-order valence-electron chi connectivity index (χ1n) is 7.57. The predicted octanol–water partition coefficient (Wildman–Crippen LogP) is 4.23. The lowest BCUT2D eigenvalue weighted by atomic mass is 10.1. The molecule has 0 atom stereocenters. The second-order valence-electron chi connectivity index (χ2n) is 5.52. The van der Waals surface area contributed by atoms with Gasteiger partial charge in [0.15, 0.2) is 0 Å². The van der Waals surface area contributed by atoms with E-state index < -0.39 is 11.7 Å². The van der Waals surface area contributed by atoms with Crippen LogP contribution < -0.4 is 0 Å². The van der Waals surface area contributed by atoms with Gasteiger partial charge in [0.05, 0.1) is 16.7 Å². The Balaban J connectivity index is 1.59. The summed E-state index contributed by atoms with van der Waals surface area (Å²) >= 11 is 1.26. The number of imide groups is 1. The van der Waals surface area contributed by atoms with Gasteiger partial charge in [-0.15, -0.1) is 0 Å². The van der Waals surface area contributed by atoms with Gasteiger partial charge in [0.2, 0.25) is 0 Å². The monoisotopic (exact) mass is 365 g/mol. The third-order valence-electron chi connectivity index (χ3n) is 3.92. The summed E-state index contributed by atoms with van der Waals surface area (Å²) in [6.07, 6.45) is -4.39. The average Bonchev–Trinajstić information content (AvgIpc) is 2.83. The van der Waals surface area contributed by atoms with Crippen LogP contribution in [0.2, 0.25) is 0 Å². The molecule has 3 nitrogen and oxygen atoms in total. The van der Waals surface area contributed by atoms with Gasteiger partial charge in [0.1, 0.15) is 0 Å². The van der Waals surface area contributed by atoms with Crippen LogP contribution in [0.3, 0.4) is 0 Å². The molecular formula is C18H14F3NO2S. The van der Waals surface area contributed by atoms with Gasteiger partial charge in [-0.2, -0.15) is 24.9 Å². The van der Waals surface area contributed by atoms with E-state index >= 15 is 0 Å². The van der Waals surface area contributed by atoms with Crippen LogP contribution in [0.25, 0.3) is 0 Å². The number of hydrogen-bond acceptors (Lipinski definition) is 3. The molecule has 130 valence electrons. The molecule has 0 spiro atoms. The van der Waals surface area contributed by atoms with Gasteiger partial charge in [0, 0.05) is 18.1 Å². The van der Waals surface area contributed by atoms with Gasteiger partial charge in [-0.05, 0) is 23.8 Å². The lowest BCUT2D eigenvalue weighted by Gasteiger charge is -2.15. The van der Waals surface area contributed by atoms with Crippen molar-refractivity contribution in [3.05, 3.63) is 70.8 Å². The fourth-order valence-corrected chi connectivity index (χ4v) is 3.63. The molecule has 0 aromatic heterocycles. The Morgan fingerprint density at radius 1 is 0.880 bits per heavy atom. The number of alkyl halides is 3. The number of fused-ring (bicyclic) bond motifs is 1. The number of amides is 2. The standard InChI is InChI=1S/C18H14F3NO2S/c19-18(20,21)15-8-4-1-5-12(15)11-25-10-9-22-16(23)13-6-2-3-7-14(13)17(22)24/h1-8H,9-11H2. The fraction of sp³-hybridized carbons (Fsp3) is 0.222. The van der Waals surface area contributed by atoms with Gasteiger partial charge in [-0.25, -0.2) is 0 Å². The third kappa shape index (κ3) is 3.56. The van der Waals surface area contributed by atoms with Crippen molar-refractivity contribution in [2.75, 3.05) is 12.3 Å². The Morgan fingerprint density at radius 3 is 2.04 bits per heavy atom. The average molecular weight is 365 g/mol. The minimum Gasteiger partial charge on any atom is -0.274 e. The molecular weight excluding hydrogens is 351 g/mol. The second-order valence-corrected chi connectivity index (χ2v) is 6.62. The summed E-state index contributed by atoms with van der Waals surface area (Å²) in [6.45, 7) is 0.172. The Bertz CT molecular complexity index is 785. The van der Waals surface area contributed by atoms with Crippen molar-refractivity contribution in [2.24, 2.45) is 0 Å². The topological polar surface area (TPSA) is 37.4 Å². The highest BCUT2D eigenvalue weighted by Gasteiger charge is 2.35. The SMILES string of the molecule is O=C1c2ccccc2C(=O)N1CCSCc1ccccc1C(F)(F)F. The van der Waals surface area contributed by atoms with Crippen LogP contribution in [-0.2, 0) is 11.9 Å². The van der Waals surface area contributed by atoms with Crippen LogP contribution in [0.5, 0.6) is 0 Å². The molecule has 2 aromatic rings. The van der Waals surface area contributed by atoms with E-state index in [9.17, 15) is 22.8 Å². The normalized spacial score (nSPS) is 14.1. The van der Waals surface area contributed by atoms with Gasteiger partial charge < -0.3 is 0 Å². The van der Waals surface area contributed by atoms with Crippen molar-refractivity contribution in [1.82, 2.24) is 4.90 Å². The molecule has 1 aliphatic heterocycles. The molecule has 1 aliphatic rings. The van der Waals surface area contributed by atoms with E-state index in [1.54, 1.807) is 30.3 Å². The number of hydrogen-bond donors (Lipinski definition) is 0. The quantitative estimate of drug-likeness (QED) is 0.588. The van der Waals surface area contributed by atoms with Crippen LogP contribution in [0.15, 0.2) is 48.5 Å². The van der Waals surface area contributed by atoms with Crippen molar-refractivity contribution in [1.29, 1.82) is 0 Å². The lowest BCUT2D eigenvalue weighted by Crippen LogP contribution is -2.31. The van der Waals surface area contributed by atoms with E-state index in [0.717, 1.165) is 11.0 Å². The van der Waals surface area contributed by atoms with Crippen LogP contribution in [0, 0.1) is 0 Å². The van der Waals surface area contributed by atoms with E-state index in [-0.39, 0.29) is 29.7 Å². The maximum atomic E-state index is 13.0. The smallest absolute Gasteiger partial charge is 0.274 e. The molecule has 1 heterocycles. The maximum Gasteiger partial charge on any atom is 0.416 e. The van der Waals surface area contributed by atoms with Gasteiger partial charge >= 0.3 is 6.18 Å². The molecule has 2 aromatic carbocycles.